The Hall–Kier alpha value is -4.11. The molecule has 0 bridgehead atoms. The van der Waals surface area contributed by atoms with Gasteiger partial charge in [-0.3, -0.25) is 4.79 Å². The fourth-order valence-electron chi connectivity index (χ4n) is 4.42. The molecule has 1 aromatic heterocycles. The zero-order valence-corrected chi connectivity index (χ0v) is 22.9. The van der Waals surface area contributed by atoms with Crippen LogP contribution in [0.3, 0.4) is 0 Å². The highest BCUT2D eigenvalue weighted by Crippen LogP contribution is 2.37. The van der Waals surface area contributed by atoms with Crippen LogP contribution in [0.5, 0.6) is 5.75 Å². The van der Waals surface area contributed by atoms with Crippen molar-refractivity contribution in [2.75, 3.05) is 17.2 Å². The number of nitrogens with one attached hydrogen (secondary N) is 2. The topological polar surface area (TPSA) is 81.1 Å². The number of para-hydroxylation sites is 1. The second kappa shape index (κ2) is 11.7. The quantitative estimate of drug-likeness (QED) is 0.228. The van der Waals surface area contributed by atoms with E-state index in [0.717, 1.165) is 29.0 Å². The molecule has 7 nitrogen and oxygen atoms in total. The van der Waals surface area contributed by atoms with Crippen molar-refractivity contribution in [1.29, 1.82) is 0 Å². The number of halogens is 1. The standard InChI is InChI=1S/C30H30FN5O2S/c1-4-17-38-23-15-13-21(14-16-23)27-26(28(37)33-25-12-8-5-9-19(25)2)20(3)32-29-34-30(35-36(27)29)39-18-22-10-6-7-11-24(22)31/h5-16,27H,4,17-18H2,1-3H3,(H,33,37)(H,32,34,35). The van der Waals surface area contributed by atoms with Gasteiger partial charge in [0, 0.05) is 17.1 Å². The lowest BCUT2D eigenvalue weighted by Crippen LogP contribution is -2.31. The maximum Gasteiger partial charge on any atom is 0.255 e. The van der Waals surface area contributed by atoms with E-state index in [1.807, 2.05) is 68.4 Å². The molecule has 3 aromatic carbocycles. The van der Waals surface area contributed by atoms with Gasteiger partial charge >= 0.3 is 0 Å². The number of hydrogen-bond acceptors (Lipinski definition) is 6. The fraction of sp³-hybridized carbons (Fsp3) is 0.233. The van der Waals surface area contributed by atoms with E-state index in [0.29, 0.717) is 40.3 Å². The van der Waals surface area contributed by atoms with Crippen molar-refractivity contribution in [3.8, 4) is 5.75 Å². The summed E-state index contributed by atoms with van der Waals surface area (Å²) in [5.41, 5.74) is 4.37. The maximum atomic E-state index is 14.2. The van der Waals surface area contributed by atoms with Crippen LogP contribution in [-0.4, -0.2) is 27.3 Å². The molecule has 4 aromatic rings. The highest BCUT2D eigenvalue weighted by atomic mass is 32.2. The first-order valence-electron chi connectivity index (χ1n) is 12.8. The van der Waals surface area contributed by atoms with Crippen LogP contribution in [0.2, 0.25) is 0 Å². The number of carbonyl (C=O) groups is 1. The van der Waals surface area contributed by atoms with Crippen molar-refractivity contribution in [3.63, 3.8) is 0 Å². The molecule has 0 spiro atoms. The van der Waals surface area contributed by atoms with Gasteiger partial charge in [-0.2, -0.15) is 4.98 Å². The van der Waals surface area contributed by atoms with Crippen molar-refractivity contribution in [3.05, 3.63) is 107 Å². The van der Waals surface area contributed by atoms with E-state index < -0.39 is 6.04 Å². The second-order valence-corrected chi connectivity index (χ2v) is 10.2. The predicted molar refractivity (Wildman–Crippen MR) is 152 cm³/mol. The molecule has 0 saturated carbocycles. The molecule has 0 aliphatic carbocycles. The van der Waals surface area contributed by atoms with Gasteiger partial charge in [-0.15, -0.1) is 5.10 Å². The number of nitrogens with zero attached hydrogens (tertiary/aromatic N) is 3. The van der Waals surface area contributed by atoms with Crippen molar-refractivity contribution in [2.24, 2.45) is 0 Å². The van der Waals surface area contributed by atoms with Gasteiger partial charge < -0.3 is 15.4 Å². The summed E-state index contributed by atoms with van der Waals surface area (Å²) in [7, 11) is 0. The third-order valence-corrected chi connectivity index (χ3v) is 7.34. The minimum absolute atomic E-state index is 0.229. The molecule has 1 unspecified atom stereocenters. The Bertz CT molecular complexity index is 1520. The Balaban J connectivity index is 1.49. The molecule has 0 saturated heterocycles. The van der Waals surface area contributed by atoms with Crippen LogP contribution in [0, 0.1) is 12.7 Å². The average Bonchev–Trinajstić information content (AvgIpc) is 3.34. The first-order chi connectivity index (χ1) is 18.9. The van der Waals surface area contributed by atoms with Gasteiger partial charge in [-0.25, -0.2) is 9.07 Å². The molecule has 1 amide bonds. The summed E-state index contributed by atoms with van der Waals surface area (Å²) < 4.78 is 21.7. The van der Waals surface area contributed by atoms with Crippen LogP contribution in [0.1, 0.15) is 43.0 Å². The van der Waals surface area contributed by atoms with Gasteiger partial charge in [0.15, 0.2) is 0 Å². The van der Waals surface area contributed by atoms with E-state index in [2.05, 4.69) is 22.5 Å². The summed E-state index contributed by atoms with van der Waals surface area (Å²) in [6.07, 6.45) is 0.914. The van der Waals surface area contributed by atoms with Gasteiger partial charge in [-0.1, -0.05) is 67.2 Å². The number of anilines is 2. The first kappa shape index (κ1) is 26.5. The molecule has 1 aliphatic heterocycles. The van der Waals surface area contributed by atoms with Gasteiger partial charge in [0.1, 0.15) is 17.6 Å². The van der Waals surface area contributed by atoms with E-state index in [4.69, 9.17) is 9.84 Å². The number of benzene rings is 3. The average molecular weight is 544 g/mol. The van der Waals surface area contributed by atoms with E-state index in [1.54, 1.807) is 16.8 Å². The van der Waals surface area contributed by atoms with Gasteiger partial charge in [-0.05, 0) is 61.2 Å². The SMILES string of the molecule is CCCOc1ccc(C2C(C(=O)Nc3ccccc3C)=C(C)Nc3nc(SCc4ccccc4F)nn32)cc1. The number of allylic oxidation sites excluding steroid dienone is 1. The summed E-state index contributed by atoms with van der Waals surface area (Å²) in [5, 5.41) is 11.6. The Labute approximate surface area is 231 Å². The zero-order chi connectivity index (χ0) is 27.4. The Kier molecular flexibility index (Phi) is 7.97. The third kappa shape index (κ3) is 5.83. The molecule has 200 valence electrons. The molecular weight excluding hydrogens is 513 g/mol. The van der Waals surface area contributed by atoms with Crippen LogP contribution in [0.4, 0.5) is 16.0 Å². The number of amides is 1. The number of ether oxygens (including phenoxy) is 1. The minimum Gasteiger partial charge on any atom is -0.494 e. The van der Waals surface area contributed by atoms with Crippen molar-refractivity contribution >= 4 is 29.3 Å². The molecule has 1 atom stereocenters. The second-order valence-electron chi connectivity index (χ2n) is 9.30. The van der Waals surface area contributed by atoms with Crippen LogP contribution >= 0.6 is 11.8 Å². The summed E-state index contributed by atoms with van der Waals surface area (Å²) in [6, 6.07) is 21.5. The Morgan fingerprint density at radius 2 is 1.82 bits per heavy atom. The molecule has 2 N–H and O–H groups in total. The number of aryl methyl sites for hydroxylation is 1. The van der Waals surface area contributed by atoms with Crippen LogP contribution < -0.4 is 15.4 Å². The zero-order valence-electron chi connectivity index (χ0n) is 22.1. The molecule has 39 heavy (non-hydrogen) atoms. The number of thioether (sulfide) groups is 1. The maximum absolute atomic E-state index is 14.2. The summed E-state index contributed by atoms with van der Waals surface area (Å²) in [4.78, 5) is 18.4. The van der Waals surface area contributed by atoms with E-state index in [9.17, 15) is 9.18 Å². The van der Waals surface area contributed by atoms with E-state index in [1.165, 1.54) is 17.8 Å². The Morgan fingerprint density at radius 3 is 2.56 bits per heavy atom. The number of aromatic nitrogens is 3. The largest absolute Gasteiger partial charge is 0.494 e. The predicted octanol–water partition coefficient (Wildman–Crippen LogP) is 6.73. The van der Waals surface area contributed by atoms with Crippen LogP contribution in [-0.2, 0) is 10.5 Å². The fourth-order valence-corrected chi connectivity index (χ4v) is 5.24. The smallest absolute Gasteiger partial charge is 0.255 e. The molecule has 1 aliphatic rings. The number of hydrogen-bond donors (Lipinski definition) is 2. The molecular formula is C30H30FN5O2S. The summed E-state index contributed by atoms with van der Waals surface area (Å²) in [6.45, 7) is 6.51. The monoisotopic (exact) mass is 543 g/mol. The lowest BCUT2D eigenvalue weighted by molar-refractivity contribution is -0.113. The summed E-state index contributed by atoms with van der Waals surface area (Å²) in [5.74, 6) is 1.18. The first-order valence-corrected chi connectivity index (χ1v) is 13.8. The number of carbonyl (C=O) groups excluding carboxylic acids is 1. The Morgan fingerprint density at radius 1 is 1.08 bits per heavy atom. The third-order valence-electron chi connectivity index (χ3n) is 6.45. The van der Waals surface area contributed by atoms with Crippen molar-refractivity contribution in [1.82, 2.24) is 14.8 Å². The highest BCUT2D eigenvalue weighted by molar-refractivity contribution is 7.98. The van der Waals surface area contributed by atoms with Crippen molar-refractivity contribution < 1.29 is 13.9 Å². The van der Waals surface area contributed by atoms with Gasteiger partial charge in [0.25, 0.3) is 5.91 Å². The van der Waals surface area contributed by atoms with Gasteiger partial charge in [0.2, 0.25) is 11.1 Å². The molecule has 5 rings (SSSR count). The molecule has 0 radical (unpaired) electrons. The van der Waals surface area contributed by atoms with E-state index >= 15 is 0 Å². The minimum atomic E-state index is -0.527. The molecule has 0 fully saturated rings. The van der Waals surface area contributed by atoms with Crippen molar-refractivity contribution in [2.45, 2.75) is 44.1 Å². The summed E-state index contributed by atoms with van der Waals surface area (Å²) >= 11 is 1.34. The molecule has 9 heteroatoms. The molecule has 2 heterocycles. The lowest BCUT2D eigenvalue weighted by Gasteiger charge is -2.29. The normalized spacial score (nSPS) is 14.5. The lowest BCUT2D eigenvalue weighted by atomic mass is 9.95. The number of fused-ring (bicyclic) bond motifs is 1. The number of rotatable bonds is 9. The van der Waals surface area contributed by atoms with Gasteiger partial charge in [0.05, 0.1) is 12.2 Å². The van der Waals surface area contributed by atoms with Crippen LogP contribution in [0.15, 0.2) is 89.2 Å². The van der Waals surface area contributed by atoms with Crippen LogP contribution in [0.25, 0.3) is 0 Å². The van der Waals surface area contributed by atoms with E-state index in [-0.39, 0.29) is 11.7 Å². The highest BCUT2D eigenvalue weighted by Gasteiger charge is 2.34.